The molecule has 4 unspecified atom stereocenters. The number of hydrogen-bond donors (Lipinski definition) is 0. The van der Waals surface area contributed by atoms with Gasteiger partial charge in [0.15, 0.2) is 12.6 Å². The van der Waals surface area contributed by atoms with Crippen LogP contribution in [0, 0.1) is 0 Å². The lowest BCUT2D eigenvalue weighted by Crippen LogP contribution is -2.67. The van der Waals surface area contributed by atoms with Crippen molar-refractivity contribution in [3.63, 3.8) is 0 Å². The fourth-order valence-corrected chi connectivity index (χ4v) is 4.38. The minimum Gasteiger partial charge on any atom is -0.726 e. The summed E-state index contributed by atoms with van der Waals surface area (Å²) in [7, 11) is 2.87. The molecule has 0 aromatic rings. The monoisotopic (exact) mass is 518 g/mol. The van der Waals surface area contributed by atoms with E-state index < -0.39 is 84.4 Å². The number of carbonyl (C=O) groups excluding carboxylic acids is 1. The van der Waals surface area contributed by atoms with Crippen molar-refractivity contribution in [2.24, 2.45) is 0 Å². The van der Waals surface area contributed by atoms with Crippen molar-refractivity contribution in [2.45, 2.75) is 61.4 Å². The number of ether oxygens (including phenoxy) is 9. The van der Waals surface area contributed by atoms with E-state index in [-0.39, 0.29) is 0 Å². The molecule has 2 aliphatic heterocycles. The molecular weight excluding hydrogens is 488 g/mol. The second kappa shape index (κ2) is 12.8. The van der Waals surface area contributed by atoms with E-state index in [1.54, 1.807) is 0 Å². The normalized spacial score (nSPS) is 39.1. The van der Waals surface area contributed by atoms with Crippen LogP contribution in [0.3, 0.4) is 0 Å². The first kappa shape index (κ1) is 29.2. The fourth-order valence-electron chi connectivity index (χ4n) is 4.08. The van der Waals surface area contributed by atoms with Gasteiger partial charge in [0.1, 0.15) is 48.8 Å². The van der Waals surface area contributed by atoms with E-state index in [0.29, 0.717) is 0 Å². The van der Waals surface area contributed by atoms with Crippen molar-refractivity contribution in [1.82, 2.24) is 0 Å². The number of aliphatic carboxylic acids is 1. The molecule has 0 radical (unpaired) electrons. The molecule has 0 spiro atoms. The smallest absolute Gasteiger partial charge is 0.217 e. The zero-order chi connectivity index (χ0) is 25.6. The van der Waals surface area contributed by atoms with Gasteiger partial charge in [0, 0.05) is 42.7 Å². The Bertz CT molecular complexity index is 748. The first-order valence-corrected chi connectivity index (χ1v) is 11.3. The number of methoxy groups -OCH3 is 6. The predicted octanol–water partition coefficient (Wildman–Crippen LogP) is -3.23. The van der Waals surface area contributed by atoms with Gasteiger partial charge in [-0.25, -0.2) is 8.42 Å². The van der Waals surface area contributed by atoms with Gasteiger partial charge in [0.25, 0.3) is 0 Å². The lowest BCUT2D eigenvalue weighted by Gasteiger charge is -2.49. The average molecular weight is 518 g/mol. The first-order chi connectivity index (χ1) is 16.1. The third-order valence-electron chi connectivity index (χ3n) is 5.58. The number of rotatable bonds is 12. The van der Waals surface area contributed by atoms with Gasteiger partial charge in [-0.05, 0) is 0 Å². The van der Waals surface area contributed by atoms with Crippen LogP contribution in [0.2, 0.25) is 0 Å². The van der Waals surface area contributed by atoms with Crippen molar-refractivity contribution in [1.29, 1.82) is 0 Å². The predicted molar refractivity (Wildman–Crippen MR) is 104 cm³/mol. The zero-order valence-electron chi connectivity index (χ0n) is 19.5. The molecule has 2 heterocycles. The number of hydrogen-bond acceptors (Lipinski definition) is 15. The van der Waals surface area contributed by atoms with E-state index in [0.717, 1.165) is 0 Å². The van der Waals surface area contributed by atoms with Crippen LogP contribution in [-0.4, -0.2) is 130 Å². The number of carbonyl (C=O) groups is 1. The van der Waals surface area contributed by atoms with Crippen LogP contribution in [0.5, 0.6) is 0 Å². The lowest BCUT2D eigenvalue weighted by atomic mass is 9.96. The van der Waals surface area contributed by atoms with Crippen LogP contribution in [0.1, 0.15) is 0 Å². The van der Waals surface area contributed by atoms with E-state index in [4.69, 9.17) is 42.6 Å². The Morgan fingerprint density at radius 2 is 1.24 bits per heavy atom. The highest BCUT2D eigenvalue weighted by atomic mass is 32.3. The van der Waals surface area contributed by atoms with E-state index >= 15 is 0 Å². The van der Waals surface area contributed by atoms with Gasteiger partial charge in [0.2, 0.25) is 10.4 Å². The van der Waals surface area contributed by atoms with E-state index in [1.807, 2.05) is 0 Å². The van der Waals surface area contributed by atoms with Crippen LogP contribution in [0.25, 0.3) is 0 Å². The van der Waals surface area contributed by atoms with Gasteiger partial charge >= 0.3 is 0 Å². The summed E-state index contributed by atoms with van der Waals surface area (Å²) in [5.41, 5.74) is 0. The molecule has 0 saturated carbocycles. The molecule has 16 heteroatoms. The molecule has 2 fully saturated rings. The molecule has 0 aromatic heterocycles. The van der Waals surface area contributed by atoms with Crippen LogP contribution in [0.4, 0.5) is 0 Å². The molecule has 0 amide bonds. The molecule has 0 bridgehead atoms. The van der Waals surface area contributed by atoms with Crippen molar-refractivity contribution in [3.8, 4) is 0 Å². The van der Waals surface area contributed by atoms with Gasteiger partial charge in [0.05, 0.1) is 12.6 Å². The van der Waals surface area contributed by atoms with E-state index in [9.17, 15) is 22.9 Å². The Morgan fingerprint density at radius 3 is 1.68 bits per heavy atom. The maximum Gasteiger partial charge on any atom is 0.217 e. The number of carboxylic acids is 1. The second-order valence-corrected chi connectivity index (χ2v) is 8.37. The van der Waals surface area contributed by atoms with E-state index in [2.05, 4.69) is 4.18 Å². The van der Waals surface area contributed by atoms with Crippen LogP contribution in [0.15, 0.2) is 0 Å². The molecule has 2 aliphatic rings. The Kier molecular flexibility index (Phi) is 11.0. The zero-order valence-corrected chi connectivity index (χ0v) is 20.3. The quantitative estimate of drug-likeness (QED) is 0.185. The van der Waals surface area contributed by atoms with Gasteiger partial charge in [-0.3, -0.25) is 4.18 Å². The Balaban J connectivity index is 2.39. The first-order valence-electron chi connectivity index (χ1n) is 10.0. The molecule has 0 aromatic carbocycles. The summed E-state index contributed by atoms with van der Waals surface area (Å²) < 4.78 is 86.7. The molecule has 200 valence electrons. The topological polar surface area (TPSA) is 190 Å². The average Bonchev–Trinajstić information content (AvgIpc) is 2.80. The molecule has 2 rings (SSSR count). The third-order valence-corrected chi connectivity index (χ3v) is 6.00. The highest BCUT2D eigenvalue weighted by molar-refractivity contribution is 7.80. The summed E-state index contributed by atoms with van der Waals surface area (Å²) in [6, 6.07) is 0. The Labute approximate surface area is 197 Å². The molecule has 2 saturated heterocycles. The SMILES string of the molecule is COC1C(OC)[C@H](OC)[C@H](COS(=O)(=O)[O-])O[C@@H]1O[C@H]1C(OC)C(OC)[C@H](OC)O[C@H]1C(=O)[O-]. The van der Waals surface area contributed by atoms with Gasteiger partial charge in [-0.2, -0.15) is 0 Å². The largest absolute Gasteiger partial charge is 0.726 e. The summed E-state index contributed by atoms with van der Waals surface area (Å²) in [5.74, 6) is -1.62. The molecule has 0 N–H and O–H groups in total. The summed E-state index contributed by atoms with van der Waals surface area (Å²) in [5, 5.41) is 11.9. The summed E-state index contributed by atoms with van der Waals surface area (Å²) in [4.78, 5) is 11.9. The maximum absolute atomic E-state index is 11.9. The summed E-state index contributed by atoms with van der Waals surface area (Å²) in [6.07, 6.45) is -11.5. The van der Waals surface area contributed by atoms with Crippen molar-refractivity contribution >= 4 is 16.4 Å². The van der Waals surface area contributed by atoms with Gasteiger partial charge in [-0.1, -0.05) is 0 Å². The molecular formula is C18H30O15S-2. The molecule has 0 aliphatic carbocycles. The Morgan fingerprint density at radius 1 is 0.735 bits per heavy atom. The minimum atomic E-state index is -5.05. The van der Waals surface area contributed by atoms with E-state index in [1.165, 1.54) is 42.7 Å². The maximum atomic E-state index is 11.9. The summed E-state index contributed by atoms with van der Waals surface area (Å²) >= 11 is 0. The second-order valence-electron chi connectivity index (χ2n) is 7.32. The third kappa shape index (κ3) is 6.59. The Hall–Kier alpha value is -1.02. The van der Waals surface area contributed by atoms with Gasteiger partial charge < -0.3 is 57.1 Å². The molecule has 15 nitrogen and oxygen atoms in total. The van der Waals surface area contributed by atoms with Crippen molar-refractivity contribution < 1.29 is 69.7 Å². The fraction of sp³-hybridized carbons (Fsp3) is 0.944. The van der Waals surface area contributed by atoms with Gasteiger partial charge in [-0.15, -0.1) is 0 Å². The summed E-state index contributed by atoms with van der Waals surface area (Å²) in [6.45, 7) is -0.730. The number of carboxylic acid groups (broad SMARTS) is 1. The minimum absolute atomic E-state index is 0.730. The van der Waals surface area contributed by atoms with Crippen LogP contribution < -0.4 is 5.11 Å². The standard InChI is InChI=1S/C18H32O15S/c1-24-9-8(7-30-34(21,22)23)31-18(15(28-5)10(9)25-2)32-12-11(26-3)14(27-4)17(29-6)33-13(12)16(19)20/h8-15,17-18H,7H2,1-6H3,(H,19,20)(H,21,22,23)/p-2/t8-,9+,10?,11?,12-,13+,14?,15?,17+,18+/m0/s1. The lowest BCUT2D eigenvalue weighted by molar-refractivity contribution is -0.378. The van der Waals surface area contributed by atoms with Crippen molar-refractivity contribution in [3.05, 3.63) is 0 Å². The van der Waals surface area contributed by atoms with Crippen LogP contribution in [-0.2, 0) is 62.0 Å². The molecule has 34 heavy (non-hydrogen) atoms. The highest BCUT2D eigenvalue weighted by Gasteiger charge is 2.53. The highest BCUT2D eigenvalue weighted by Crippen LogP contribution is 2.33. The molecule has 10 atom stereocenters. The van der Waals surface area contributed by atoms with Crippen LogP contribution >= 0.6 is 0 Å². The van der Waals surface area contributed by atoms with Crippen molar-refractivity contribution in [2.75, 3.05) is 49.3 Å².